The number of hydrogen-bond acceptors (Lipinski definition) is 5. The molecule has 2 N–H and O–H groups in total. The van der Waals surface area contributed by atoms with Crippen LogP contribution in [0.5, 0.6) is 0 Å². The zero-order valence-corrected chi connectivity index (χ0v) is 13.6. The van der Waals surface area contributed by atoms with Crippen LogP contribution in [0.15, 0.2) is 0 Å². The van der Waals surface area contributed by atoms with Crippen LogP contribution in [0.3, 0.4) is 0 Å². The second-order valence-corrected chi connectivity index (χ2v) is 5.53. The van der Waals surface area contributed by atoms with Crippen molar-refractivity contribution >= 4 is 11.9 Å². The number of esters is 1. The molecule has 124 valence electrons. The highest BCUT2D eigenvalue weighted by molar-refractivity contribution is 6.00. The number of carbonyl (C=O) groups is 2. The summed E-state index contributed by atoms with van der Waals surface area (Å²) in [7, 11) is 1.31. The van der Waals surface area contributed by atoms with E-state index in [1.165, 1.54) is 7.11 Å². The largest absolute Gasteiger partial charge is 0.465 e. The number of aromatic amines is 1. The van der Waals surface area contributed by atoms with E-state index in [2.05, 4.69) is 16.4 Å². The average molecular weight is 319 g/mol. The molecule has 1 aromatic rings. The molecule has 0 aliphatic carbocycles. The summed E-state index contributed by atoms with van der Waals surface area (Å²) in [6.45, 7) is 4.65. The van der Waals surface area contributed by atoms with Crippen LogP contribution in [0, 0.1) is 24.2 Å². The Balaban J connectivity index is 2.23. The lowest BCUT2D eigenvalue weighted by atomic mass is 10.00. The summed E-state index contributed by atoms with van der Waals surface area (Å²) in [6.07, 6.45) is 1.31. The number of ether oxygens (including phenoxy) is 2. The number of nitrogens with zero attached hydrogens (tertiary/aromatic N) is 1. The van der Waals surface area contributed by atoms with E-state index < -0.39 is 17.9 Å². The summed E-state index contributed by atoms with van der Waals surface area (Å²) >= 11 is 0. The highest BCUT2D eigenvalue weighted by Gasteiger charge is 2.29. The molecule has 1 aromatic heterocycles. The third-order valence-electron chi connectivity index (χ3n) is 4.16. The predicted molar refractivity (Wildman–Crippen MR) is 82.0 cm³/mol. The van der Waals surface area contributed by atoms with Crippen LogP contribution >= 0.6 is 0 Å². The lowest BCUT2D eigenvalue weighted by Crippen LogP contribution is -2.40. The fourth-order valence-electron chi connectivity index (χ4n) is 2.81. The summed E-state index contributed by atoms with van der Waals surface area (Å²) in [4.78, 5) is 27.4. The normalized spacial score (nSPS) is 18.3. The van der Waals surface area contributed by atoms with Gasteiger partial charge in [0.2, 0.25) is 0 Å². The molecule has 0 spiro atoms. The van der Waals surface area contributed by atoms with E-state index in [-0.39, 0.29) is 5.92 Å². The van der Waals surface area contributed by atoms with Crippen molar-refractivity contribution in [2.75, 3.05) is 20.3 Å². The molecule has 0 aromatic carbocycles. The first-order chi connectivity index (χ1) is 11.0. The maximum atomic E-state index is 12.5. The van der Waals surface area contributed by atoms with Gasteiger partial charge in [-0.15, -0.1) is 0 Å². The van der Waals surface area contributed by atoms with Crippen molar-refractivity contribution < 1.29 is 19.1 Å². The summed E-state index contributed by atoms with van der Waals surface area (Å²) < 4.78 is 10.0. The standard InChI is InChI=1S/C16H21N3O4/c1-4-11-13(16(21)22-3)9(2)14(18-11)15(20)19-12(7-17)10-5-6-23-8-10/h10,12,18H,4-6,8H2,1-3H3,(H,19,20)/t10-,12-/m1/s1. The lowest BCUT2D eigenvalue weighted by Gasteiger charge is -2.16. The number of aryl methyl sites for hydroxylation is 1. The number of methoxy groups -OCH3 is 1. The molecule has 0 radical (unpaired) electrons. The summed E-state index contributed by atoms with van der Waals surface area (Å²) in [5, 5.41) is 12.0. The number of rotatable bonds is 5. The van der Waals surface area contributed by atoms with Crippen LogP contribution in [-0.4, -0.2) is 43.2 Å². The van der Waals surface area contributed by atoms with Gasteiger partial charge < -0.3 is 19.8 Å². The minimum absolute atomic E-state index is 0.00931. The van der Waals surface area contributed by atoms with Gasteiger partial charge in [0.1, 0.15) is 11.7 Å². The second-order valence-electron chi connectivity index (χ2n) is 5.53. The van der Waals surface area contributed by atoms with Gasteiger partial charge in [0.25, 0.3) is 5.91 Å². The van der Waals surface area contributed by atoms with E-state index in [4.69, 9.17) is 9.47 Å². The van der Waals surface area contributed by atoms with Crippen LogP contribution < -0.4 is 5.32 Å². The third-order valence-corrected chi connectivity index (χ3v) is 4.16. The fraction of sp³-hybridized carbons (Fsp3) is 0.562. The van der Waals surface area contributed by atoms with Gasteiger partial charge in [-0.25, -0.2) is 4.79 Å². The number of aromatic nitrogens is 1. The smallest absolute Gasteiger partial charge is 0.339 e. The molecule has 1 fully saturated rings. The van der Waals surface area contributed by atoms with E-state index in [1.807, 2.05) is 6.92 Å². The van der Waals surface area contributed by atoms with Crippen molar-refractivity contribution in [3.05, 3.63) is 22.5 Å². The topological polar surface area (TPSA) is 104 Å². The zero-order valence-electron chi connectivity index (χ0n) is 13.6. The molecule has 0 saturated carbocycles. The molecule has 1 amide bonds. The predicted octanol–water partition coefficient (Wildman–Crippen LogP) is 1.33. The van der Waals surface area contributed by atoms with Crippen molar-refractivity contribution in [1.29, 1.82) is 5.26 Å². The highest BCUT2D eigenvalue weighted by atomic mass is 16.5. The molecule has 7 heteroatoms. The van der Waals surface area contributed by atoms with Crippen molar-refractivity contribution in [3.63, 3.8) is 0 Å². The number of H-pyrrole nitrogens is 1. The fourth-order valence-corrected chi connectivity index (χ4v) is 2.81. The van der Waals surface area contributed by atoms with Gasteiger partial charge in [-0.3, -0.25) is 4.79 Å². The first kappa shape index (κ1) is 17.0. The molecule has 0 bridgehead atoms. The third kappa shape index (κ3) is 3.37. The van der Waals surface area contributed by atoms with Crippen LogP contribution in [-0.2, 0) is 15.9 Å². The molecule has 2 rings (SSSR count). The number of amides is 1. The van der Waals surface area contributed by atoms with Gasteiger partial charge in [0.05, 0.1) is 25.3 Å². The van der Waals surface area contributed by atoms with E-state index in [9.17, 15) is 14.9 Å². The molecule has 1 aliphatic heterocycles. The van der Waals surface area contributed by atoms with Gasteiger partial charge in [-0.1, -0.05) is 6.92 Å². The minimum Gasteiger partial charge on any atom is -0.465 e. The first-order valence-corrected chi connectivity index (χ1v) is 7.61. The van der Waals surface area contributed by atoms with Gasteiger partial charge in [0.15, 0.2) is 0 Å². The Morgan fingerprint density at radius 2 is 2.30 bits per heavy atom. The van der Waals surface area contributed by atoms with E-state index in [1.54, 1.807) is 6.92 Å². The molecule has 7 nitrogen and oxygen atoms in total. The Morgan fingerprint density at radius 3 is 2.83 bits per heavy atom. The average Bonchev–Trinajstić information content (AvgIpc) is 3.19. The van der Waals surface area contributed by atoms with E-state index >= 15 is 0 Å². The van der Waals surface area contributed by atoms with Crippen LogP contribution in [0.2, 0.25) is 0 Å². The molecule has 2 atom stereocenters. The maximum Gasteiger partial charge on any atom is 0.339 e. The number of nitrogens with one attached hydrogen (secondary N) is 2. The molecule has 1 aliphatic rings. The van der Waals surface area contributed by atoms with Crippen LogP contribution in [0.25, 0.3) is 0 Å². The van der Waals surface area contributed by atoms with Crippen molar-refractivity contribution in [1.82, 2.24) is 10.3 Å². The maximum absolute atomic E-state index is 12.5. The van der Waals surface area contributed by atoms with Gasteiger partial charge >= 0.3 is 5.97 Å². The summed E-state index contributed by atoms with van der Waals surface area (Å²) in [5.74, 6) is -0.883. The molecule has 0 unspecified atom stereocenters. The molecular weight excluding hydrogens is 298 g/mol. The first-order valence-electron chi connectivity index (χ1n) is 7.61. The molecule has 1 saturated heterocycles. The van der Waals surface area contributed by atoms with Crippen molar-refractivity contribution in [3.8, 4) is 6.07 Å². The monoisotopic (exact) mass is 319 g/mol. The number of nitriles is 1. The SMILES string of the molecule is CCc1[nH]c(C(=O)N[C@H](C#N)[C@@H]2CCOC2)c(C)c1C(=O)OC. The Morgan fingerprint density at radius 1 is 1.57 bits per heavy atom. The second kappa shape index (κ2) is 7.29. The quantitative estimate of drug-likeness (QED) is 0.797. The minimum atomic E-state index is -0.612. The van der Waals surface area contributed by atoms with Crippen LogP contribution in [0.4, 0.5) is 0 Å². The molecular formula is C16H21N3O4. The van der Waals surface area contributed by atoms with E-state index in [0.717, 1.165) is 6.42 Å². The lowest BCUT2D eigenvalue weighted by molar-refractivity contribution is 0.0599. The Bertz CT molecular complexity index is 638. The number of hydrogen-bond donors (Lipinski definition) is 2. The van der Waals surface area contributed by atoms with Gasteiger partial charge in [-0.2, -0.15) is 5.26 Å². The summed E-state index contributed by atoms with van der Waals surface area (Å²) in [5.41, 5.74) is 1.86. The van der Waals surface area contributed by atoms with Gasteiger partial charge in [0, 0.05) is 18.2 Å². The zero-order chi connectivity index (χ0) is 17.0. The Labute approximate surface area is 135 Å². The van der Waals surface area contributed by atoms with Gasteiger partial charge in [-0.05, 0) is 25.3 Å². The summed E-state index contributed by atoms with van der Waals surface area (Å²) in [6, 6.07) is 1.50. The molecule has 2 heterocycles. The Kier molecular flexibility index (Phi) is 5.40. The Hall–Kier alpha value is -2.33. The van der Waals surface area contributed by atoms with Crippen molar-refractivity contribution in [2.45, 2.75) is 32.7 Å². The van der Waals surface area contributed by atoms with Crippen LogP contribution in [0.1, 0.15) is 45.4 Å². The molecule has 23 heavy (non-hydrogen) atoms. The highest BCUT2D eigenvalue weighted by Crippen LogP contribution is 2.21. The number of carbonyl (C=O) groups excluding carboxylic acids is 2. The van der Waals surface area contributed by atoms with E-state index in [0.29, 0.717) is 42.1 Å². The van der Waals surface area contributed by atoms with Crippen molar-refractivity contribution in [2.24, 2.45) is 5.92 Å².